The highest BCUT2D eigenvalue weighted by atomic mass is 32.2. The van der Waals surface area contributed by atoms with Crippen molar-refractivity contribution in [2.24, 2.45) is 0 Å². The number of anilines is 1. The molecule has 0 spiro atoms. The molecule has 7 nitrogen and oxygen atoms in total. The van der Waals surface area contributed by atoms with Gasteiger partial charge in [-0.3, -0.25) is 4.79 Å². The van der Waals surface area contributed by atoms with E-state index in [1.165, 1.54) is 10.8 Å². The van der Waals surface area contributed by atoms with Gasteiger partial charge in [0.2, 0.25) is 16.2 Å². The van der Waals surface area contributed by atoms with Crippen LogP contribution in [0.3, 0.4) is 0 Å². The number of carbonyl (C=O) groups excluding carboxylic acids is 1. The number of ether oxygens (including phenoxy) is 1. The fourth-order valence-corrected chi connectivity index (χ4v) is 6.00. The van der Waals surface area contributed by atoms with Gasteiger partial charge in [0.05, 0.1) is 12.1 Å². The number of rotatable bonds is 5. The van der Waals surface area contributed by atoms with Crippen molar-refractivity contribution in [2.45, 2.75) is 57.0 Å². The highest BCUT2D eigenvalue weighted by Crippen LogP contribution is 2.31. The van der Waals surface area contributed by atoms with Gasteiger partial charge >= 0.3 is 0 Å². The Morgan fingerprint density at radius 3 is 2.05 bits per heavy atom. The molecule has 2 saturated heterocycles. The molecule has 5 rings (SSSR count). The quantitative estimate of drug-likeness (QED) is 0.430. The second-order valence-corrected chi connectivity index (χ2v) is 11.5. The van der Waals surface area contributed by atoms with Crippen LogP contribution in [0.15, 0.2) is 72.8 Å². The standard InChI is InChI=1S/C22H33N3O4S.C10H8/c1-24(2)18-12-10-17(11-13-18)20-9-4-3-7-15-25(20)21(26)16-29-22(30(27)28)19-8-5-6-14-23-19;1-2-6-10-8-4-3-7-9(10)5-1/h10-13,19-20,23H,3-9,14-16H2,1-2H3;1-8H. The first kappa shape index (κ1) is 29.8. The number of benzene rings is 3. The fourth-order valence-electron chi connectivity index (χ4n) is 5.41. The van der Waals surface area contributed by atoms with Crippen LogP contribution in [-0.4, -0.2) is 64.1 Å². The van der Waals surface area contributed by atoms with Crippen LogP contribution >= 0.6 is 0 Å². The van der Waals surface area contributed by atoms with Crippen molar-refractivity contribution in [1.82, 2.24) is 10.2 Å². The van der Waals surface area contributed by atoms with E-state index in [0.717, 1.165) is 56.3 Å². The van der Waals surface area contributed by atoms with E-state index < -0.39 is 10.3 Å². The molecule has 3 aromatic rings. The molecule has 2 atom stereocenters. The van der Waals surface area contributed by atoms with E-state index in [2.05, 4.69) is 78.1 Å². The zero-order valence-corrected chi connectivity index (χ0v) is 24.4. The van der Waals surface area contributed by atoms with Crippen molar-refractivity contribution in [2.75, 3.05) is 38.7 Å². The van der Waals surface area contributed by atoms with E-state index in [1.54, 1.807) is 0 Å². The molecule has 0 aliphatic carbocycles. The van der Waals surface area contributed by atoms with E-state index in [1.807, 2.05) is 23.9 Å². The zero-order chi connectivity index (χ0) is 28.3. The first-order valence-electron chi connectivity index (χ1n) is 14.3. The predicted octanol–water partition coefficient (Wildman–Crippen LogP) is 5.20. The van der Waals surface area contributed by atoms with Crippen molar-refractivity contribution < 1.29 is 17.9 Å². The topological polar surface area (TPSA) is 79.0 Å². The lowest BCUT2D eigenvalue weighted by Gasteiger charge is -2.31. The normalized spacial score (nSPS) is 19.2. The van der Waals surface area contributed by atoms with Crippen molar-refractivity contribution in [3.8, 4) is 0 Å². The summed E-state index contributed by atoms with van der Waals surface area (Å²) in [5, 5.41) is 5.76. The van der Waals surface area contributed by atoms with Gasteiger partial charge in [-0.15, -0.1) is 0 Å². The summed E-state index contributed by atoms with van der Waals surface area (Å²) in [6.07, 6.45) is 6.70. The zero-order valence-electron chi connectivity index (χ0n) is 23.6. The molecule has 1 N–H and O–H groups in total. The lowest BCUT2D eigenvalue weighted by atomic mass is 10.0. The molecule has 0 radical (unpaired) electrons. The molecule has 2 aliphatic heterocycles. The van der Waals surface area contributed by atoms with Crippen molar-refractivity contribution in [3.05, 3.63) is 78.4 Å². The fraction of sp³-hybridized carbons (Fsp3) is 0.438. The third-order valence-electron chi connectivity index (χ3n) is 7.62. The largest absolute Gasteiger partial charge is 0.378 e. The number of amides is 1. The summed E-state index contributed by atoms with van der Waals surface area (Å²) < 4.78 is 28.9. The number of likely N-dealkylation sites (tertiary alicyclic amines) is 1. The molecule has 214 valence electrons. The minimum absolute atomic E-state index is 0.00573. The summed E-state index contributed by atoms with van der Waals surface area (Å²) >= 11 is 0. The smallest absolute Gasteiger partial charge is 0.249 e. The van der Waals surface area contributed by atoms with Gasteiger partial charge in [0.1, 0.15) is 6.61 Å². The number of carbonyl (C=O) groups is 1. The van der Waals surface area contributed by atoms with Crippen LogP contribution in [0, 0.1) is 0 Å². The minimum atomic E-state index is -2.47. The van der Waals surface area contributed by atoms with Gasteiger partial charge < -0.3 is 19.9 Å². The van der Waals surface area contributed by atoms with Crippen molar-refractivity contribution in [3.63, 3.8) is 0 Å². The molecule has 0 bridgehead atoms. The van der Waals surface area contributed by atoms with Crippen LogP contribution in [0.1, 0.15) is 56.6 Å². The van der Waals surface area contributed by atoms with Crippen LogP contribution in [0.5, 0.6) is 0 Å². The van der Waals surface area contributed by atoms with E-state index in [9.17, 15) is 13.2 Å². The number of piperidine rings is 1. The average Bonchev–Trinajstić information content (AvgIpc) is 3.24. The highest BCUT2D eigenvalue weighted by Gasteiger charge is 2.28. The van der Waals surface area contributed by atoms with Gasteiger partial charge in [0, 0.05) is 26.3 Å². The lowest BCUT2D eigenvalue weighted by Crippen LogP contribution is -2.44. The summed E-state index contributed by atoms with van der Waals surface area (Å²) in [6, 6.07) is 24.7. The summed E-state index contributed by atoms with van der Waals surface area (Å²) in [5.74, 6) is -0.155. The van der Waals surface area contributed by atoms with E-state index in [0.29, 0.717) is 13.0 Å². The first-order chi connectivity index (χ1) is 19.4. The maximum atomic E-state index is 13.1. The molecule has 40 heavy (non-hydrogen) atoms. The van der Waals surface area contributed by atoms with Gasteiger partial charge in [-0.25, -0.2) is 0 Å². The Morgan fingerprint density at radius 2 is 1.50 bits per heavy atom. The highest BCUT2D eigenvalue weighted by molar-refractivity contribution is 7.72. The molecule has 2 aliphatic rings. The Hall–Kier alpha value is -3.20. The molecule has 0 aromatic heterocycles. The molecule has 2 heterocycles. The number of nitrogens with one attached hydrogen (secondary N) is 1. The van der Waals surface area contributed by atoms with Gasteiger partial charge in [0.25, 0.3) is 0 Å². The summed E-state index contributed by atoms with van der Waals surface area (Å²) in [7, 11) is 1.53. The molecule has 8 heteroatoms. The molecule has 2 unspecified atom stereocenters. The molecule has 0 saturated carbocycles. The average molecular weight is 564 g/mol. The Bertz CT molecular complexity index is 1310. The maximum absolute atomic E-state index is 13.1. The first-order valence-corrected chi connectivity index (χ1v) is 15.3. The Balaban J connectivity index is 0.000000307. The predicted molar refractivity (Wildman–Crippen MR) is 163 cm³/mol. The SMILES string of the molecule is CN(C)c1ccc(C2CCCCCN2C(=O)COC(C2CCCCN2)=S(=O)=O)cc1.c1ccc2ccccc2c1. The minimum Gasteiger partial charge on any atom is -0.378 e. The maximum Gasteiger partial charge on any atom is 0.249 e. The molecule has 3 aromatic carbocycles. The molecular weight excluding hydrogens is 522 g/mol. The van der Waals surface area contributed by atoms with E-state index >= 15 is 0 Å². The molecule has 1 amide bonds. The monoisotopic (exact) mass is 563 g/mol. The second kappa shape index (κ2) is 15.0. The van der Waals surface area contributed by atoms with Crippen LogP contribution in [0.25, 0.3) is 10.8 Å². The summed E-state index contributed by atoms with van der Waals surface area (Å²) in [5.41, 5.74) is 2.23. The van der Waals surface area contributed by atoms with Gasteiger partial charge in [-0.1, -0.05) is 79.9 Å². The third-order valence-corrected chi connectivity index (χ3v) is 8.35. The van der Waals surface area contributed by atoms with Crippen LogP contribution in [0.4, 0.5) is 5.69 Å². The van der Waals surface area contributed by atoms with Crippen molar-refractivity contribution >= 4 is 37.7 Å². The Labute approximate surface area is 239 Å². The van der Waals surface area contributed by atoms with Gasteiger partial charge in [0.15, 0.2) is 5.05 Å². The lowest BCUT2D eigenvalue weighted by molar-refractivity contribution is -0.136. The molecular formula is C32H41N3O4S. The summed E-state index contributed by atoms with van der Waals surface area (Å²) in [4.78, 5) is 17.0. The number of fused-ring (bicyclic) bond motifs is 1. The third kappa shape index (κ3) is 8.16. The van der Waals surface area contributed by atoms with E-state index in [-0.39, 0.29) is 29.6 Å². The van der Waals surface area contributed by atoms with Crippen LogP contribution in [0.2, 0.25) is 0 Å². The van der Waals surface area contributed by atoms with E-state index in [4.69, 9.17) is 4.74 Å². The van der Waals surface area contributed by atoms with Crippen LogP contribution < -0.4 is 10.2 Å². The Kier molecular flexibility index (Phi) is 11.1. The second-order valence-electron chi connectivity index (χ2n) is 10.6. The van der Waals surface area contributed by atoms with Crippen LogP contribution in [-0.2, 0) is 19.8 Å². The Morgan fingerprint density at radius 1 is 0.875 bits per heavy atom. The van der Waals surface area contributed by atoms with Crippen molar-refractivity contribution in [1.29, 1.82) is 0 Å². The summed E-state index contributed by atoms with van der Waals surface area (Å²) in [6.45, 7) is 1.19. The molecule has 2 fully saturated rings. The number of nitrogens with zero attached hydrogens (tertiary/aromatic N) is 2. The van der Waals surface area contributed by atoms with Gasteiger partial charge in [-0.05, 0) is 60.7 Å². The van der Waals surface area contributed by atoms with Gasteiger partial charge in [-0.2, -0.15) is 8.42 Å². The number of hydrogen-bond acceptors (Lipinski definition) is 6. The number of hydrogen-bond donors (Lipinski definition) is 1.